The molecule has 0 fully saturated rings. The Kier molecular flexibility index (Phi) is 5.76. The largest absolute Gasteiger partial charge is 0.369 e. The molecule has 1 aliphatic carbocycles. The zero-order chi connectivity index (χ0) is 23.0. The lowest BCUT2D eigenvalue weighted by Gasteiger charge is -2.29. The van der Waals surface area contributed by atoms with Gasteiger partial charge in [-0.25, -0.2) is 0 Å². The van der Waals surface area contributed by atoms with Crippen LogP contribution in [0.5, 0.6) is 0 Å². The molecule has 0 bridgehead atoms. The molecule has 1 unspecified atom stereocenters. The second-order valence-electron chi connectivity index (χ2n) is 9.46. The number of rotatable bonds is 5. The van der Waals surface area contributed by atoms with Gasteiger partial charge >= 0.3 is 0 Å². The molecular weight excluding hydrogens is 430 g/mol. The summed E-state index contributed by atoms with van der Waals surface area (Å²) in [6.45, 7) is 6.81. The van der Waals surface area contributed by atoms with Crippen molar-refractivity contribution >= 4 is 33.8 Å². The van der Waals surface area contributed by atoms with E-state index in [4.69, 9.17) is 0 Å². The van der Waals surface area contributed by atoms with Crippen LogP contribution in [0.4, 0.5) is 0 Å². The number of aromatic amines is 1. The molecular formula is C26H29N5OS. The van der Waals surface area contributed by atoms with Crippen molar-refractivity contribution in [2.45, 2.75) is 52.7 Å². The molecule has 7 heteroatoms. The molecule has 0 saturated carbocycles. The van der Waals surface area contributed by atoms with Crippen molar-refractivity contribution in [1.29, 1.82) is 0 Å². The number of aromatic nitrogens is 4. The Morgan fingerprint density at radius 1 is 1.12 bits per heavy atom. The quantitative estimate of drug-likeness (QED) is 0.483. The first-order valence-electron chi connectivity index (χ1n) is 11.5. The first-order valence-corrected chi connectivity index (χ1v) is 12.3. The Morgan fingerprint density at radius 3 is 2.55 bits per heavy atom. The second-order valence-corrected chi connectivity index (χ2v) is 10.6. The van der Waals surface area contributed by atoms with E-state index in [1.807, 2.05) is 0 Å². The summed E-state index contributed by atoms with van der Waals surface area (Å²) >= 11 is 1.73. The van der Waals surface area contributed by atoms with Gasteiger partial charge in [-0.1, -0.05) is 51.1 Å². The highest BCUT2D eigenvalue weighted by atomic mass is 32.1. The molecule has 6 nitrogen and oxygen atoms in total. The van der Waals surface area contributed by atoms with Gasteiger partial charge in [-0.2, -0.15) is 5.21 Å². The van der Waals surface area contributed by atoms with Crippen LogP contribution >= 0.6 is 11.3 Å². The number of thiophene rings is 1. The number of H-pyrrole nitrogens is 1. The Morgan fingerprint density at radius 2 is 1.91 bits per heavy atom. The predicted molar refractivity (Wildman–Crippen MR) is 134 cm³/mol. The van der Waals surface area contributed by atoms with Crippen LogP contribution < -0.4 is 5.32 Å². The summed E-state index contributed by atoms with van der Waals surface area (Å²) in [6, 6.07) is 12.9. The number of aryl methyl sites for hydroxylation is 1. The van der Waals surface area contributed by atoms with Crippen LogP contribution in [0.15, 0.2) is 48.6 Å². The summed E-state index contributed by atoms with van der Waals surface area (Å²) in [6.07, 6.45) is 7.96. The molecule has 0 radical (unpaired) electrons. The number of dihydropyridines is 1. The van der Waals surface area contributed by atoms with Gasteiger partial charge in [-0.05, 0) is 71.2 Å². The van der Waals surface area contributed by atoms with Gasteiger partial charge in [0, 0.05) is 21.0 Å². The minimum absolute atomic E-state index is 0.397. The zero-order valence-electron chi connectivity index (χ0n) is 19.2. The van der Waals surface area contributed by atoms with Crippen LogP contribution in [0.2, 0.25) is 0 Å². The molecule has 170 valence electrons. The Labute approximate surface area is 198 Å². The SMILES string of the molecule is CCc1ccc(C2=C(c3nn[nH]n3)C(O)NC(c3ccc(C4=CCC(C)(C)CC4)cc3)=C2)s1. The van der Waals surface area contributed by atoms with E-state index in [2.05, 4.69) is 95.3 Å². The molecule has 0 spiro atoms. The summed E-state index contributed by atoms with van der Waals surface area (Å²) in [5.74, 6) is 0.397. The standard InChI is InChI=1S/C26H29N5OS/c1-4-19-9-10-22(33-19)20-15-21(27-25(32)23(20)24-28-30-31-29-24)18-7-5-16(6-8-18)17-11-13-26(2,3)14-12-17/h5-11,15,25,27,32H,4,12-14H2,1-3H3,(H,28,29,30,31). The highest BCUT2D eigenvalue weighted by Crippen LogP contribution is 2.39. The van der Waals surface area contributed by atoms with Crippen LogP contribution in [0, 0.1) is 5.41 Å². The molecule has 5 rings (SSSR count). The molecule has 2 aliphatic rings. The normalized spacial score (nSPS) is 20.3. The van der Waals surface area contributed by atoms with Gasteiger partial charge in [0.05, 0.1) is 5.57 Å². The lowest BCUT2D eigenvalue weighted by atomic mass is 9.77. The van der Waals surface area contributed by atoms with Gasteiger partial charge in [0.2, 0.25) is 5.82 Å². The van der Waals surface area contributed by atoms with Gasteiger partial charge in [-0.15, -0.1) is 21.5 Å². The molecule has 1 aromatic carbocycles. The van der Waals surface area contributed by atoms with Crippen LogP contribution in [0.1, 0.15) is 66.7 Å². The number of nitrogens with zero attached hydrogens (tertiary/aromatic N) is 3. The van der Waals surface area contributed by atoms with Crippen molar-refractivity contribution in [3.63, 3.8) is 0 Å². The lowest BCUT2D eigenvalue weighted by molar-refractivity contribution is 0.214. The maximum absolute atomic E-state index is 11.0. The van der Waals surface area contributed by atoms with Crippen LogP contribution in [-0.2, 0) is 6.42 Å². The average Bonchev–Trinajstić information content (AvgIpc) is 3.51. The predicted octanol–water partition coefficient (Wildman–Crippen LogP) is 5.29. The average molecular weight is 460 g/mol. The highest BCUT2D eigenvalue weighted by molar-refractivity contribution is 7.13. The molecule has 1 aliphatic heterocycles. The van der Waals surface area contributed by atoms with Crippen molar-refractivity contribution in [2.75, 3.05) is 0 Å². The number of benzene rings is 1. The van der Waals surface area contributed by atoms with E-state index >= 15 is 0 Å². The summed E-state index contributed by atoms with van der Waals surface area (Å²) < 4.78 is 0. The van der Waals surface area contributed by atoms with Gasteiger partial charge in [0.1, 0.15) is 0 Å². The van der Waals surface area contributed by atoms with Crippen LogP contribution in [-0.4, -0.2) is 32.0 Å². The van der Waals surface area contributed by atoms with Crippen LogP contribution in [0.25, 0.3) is 22.4 Å². The third-order valence-electron chi connectivity index (χ3n) is 6.55. The fraction of sp³-hybridized carbons (Fsp3) is 0.346. The first kappa shape index (κ1) is 21.8. The van der Waals surface area contributed by atoms with Gasteiger partial charge in [-0.3, -0.25) is 0 Å². The third-order valence-corrected chi connectivity index (χ3v) is 7.81. The number of tetrazole rings is 1. The number of nitrogens with one attached hydrogen (secondary N) is 2. The van der Waals surface area contributed by atoms with Crippen LogP contribution in [0.3, 0.4) is 0 Å². The molecule has 1 atom stereocenters. The minimum atomic E-state index is -0.937. The molecule has 3 aromatic rings. The molecule has 2 aromatic heterocycles. The Bertz CT molecular complexity index is 1230. The van der Waals surface area contributed by atoms with E-state index in [1.54, 1.807) is 11.3 Å². The summed E-state index contributed by atoms with van der Waals surface area (Å²) in [7, 11) is 0. The summed E-state index contributed by atoms with van der Waals surface area (Å²) in [5.41, 5.74) is 6.56. The van der Waals surface area contributed by atoms with E-state index < -0.39 is 6.23 Å². The van der Waals surface area contributed by atoms with E-state index in [1.165, 1.54) is 22.4 Å². The molecule has 33 heavy (non-hydrogen) atoms. The highest BCUT2D eigenvalue weighted by Gasteiger charge is 2.28. The maximum atomic E-state index is 11.0. The van der Waals surface area contributed by atoms with Gasteiger partial charge in [0.15, 0.2) is 6.23 Å². The number of hydrogen-bond donors (Lipinski definition) is 3. The number of aliphatic hydroxyl groups is 1. The third kappa shape index (κ3) is 4.43. The minimum Gasteiger partial charge on any atom is -0.369 e. The second kappa shape index (κ2) is 8.72. The molecule has 3 N–H and O–H groups in total. The molecule has 0 amide bonds. The van der Waals surface area contributed by atoms with Crippen molar-refractivity contribution in [1.82, 2.24) is 25.9 Å². The van der Waals surface area contributed by atoms with Gasteiger partial charge in [0.25, 0.3) is 0 Å². The topological polar surface area (TPSA) is 86.7 Å². The van der Waals surface area contributed by atoms with E-state index in [9.17, 15) is 5.11 Å². The summed E-state index contributed by atoms with van der Waals surface area (Å²) in [5, 5.41) is 28.7. The smallest absolute Gasteiger partial charge is 0.205 e. The van der Waals surface area contributed by atoms with E-state index in [0.717, 1.165) is 41.0 Å². The Hall–Kier alpha value is -3.03. The number of hydrogen-bond acceptors (Lipinski definition) is 6. The zero-order valence-corrected chi connectivity index (χ0v) is 20.0. The fourth-order valence-electron chi connectivity index (χ4n) is 4.44. The molecule has 3 heterocycles. The monoisotopic (exact) mass is 459 g/mol. The number of aliphatic hydroxyl groups excluding tert-OH is 1. The summed E-state index contributed by atoms with van der Waals surface area (Å²) in [4.78, 5) is 2.37. The first-order chi connectivity index (χ1) is 15.9. The lowest BCUT2D eigenvalue weighted by Crippen LogP contribution is -2.32. The van der Waals surface area contributed by atoms with Crippen molar-refractivity contribution in [3.8, 4) is 0 Å². The maximum Gasteiger partial charge on any atom is 0.205 e. The van der Waals surface area contributed by atoms with Crippen molar-refractivity contribution in [3.05, 3.63) is 75.3 Å². The Balaban J connectivity index is 1.51. The van der Waals surface area contributed by atoms with E-state index in [0.29, 0.717) is 16.8 Å². The van der Waals surface area contributed by atoms with E-state index in [-0.39, 0.29) is 0 Å². The van der Waals surface area contributed by atoms with Gasteiger partial charge < -0.3 is 10.4 Å². The van der Waals surface area contributed by atoms with Crippen molar-refractivity contribution in [2.24, 2.45) is 5.41 Å². The number of allylic oxidation sites excluding steroid dienone is 4. The van der Waals surface area contributed by atoms with Crippen molar-refractivity contribution < 1.29 is 5.11 Å². The fourth-order valence-corrected chi connectivity index (χ4v) is 5.41. The molecule has 0 saturated heterocycles.